The van der Waals surface area contributed by atoms with Gasteiger partial charge < -0.3 is 10.4 Å². The van der Waals surface area contributed by atoms with Crippen molar-refractivity contribution in [1.82, 2.24) is 10.3 Å². The van der Waals surface area contributed by atoms with Gasteiger partial charge in [0, 0.05) is 35.6 Å². The number of aliphatic carboxylic acids is 1. The second-order valence-corrected chi connectivity index (χ2v) is 5.00. The highest BCUT2D eigenvalue weighted by Crippen LogP contribution is 2.10. The van der Waals surface area contributed by atoms with E-state index < -0.39 is 5.97 Å². The van der Waals surface area contributed by atoms with Crippen LogP contribution in [0.15, 0.2) is 24.5 Å². The van der Waals surface area contributed by atoms with E-state index in [0.29, 0.717) is 11.1 Å². The number of carbonyl (C=O) groups is 2. The van der Waals surface area contributed by atoms with Crippen LogP contribution in [0.3, 0.4) is 0 Å². The molecule has 0 saturated carbocycles. The van der Waals surface area contributed by atoms with E-state index in [9.17, 15) is 9.59 Å². The summed E-state index contributed by atoms with van der Waals surface area (Å²) in [6, 6.07) is 1.68. The summed E-state index contributed by atoms with van der Waals surface area (Å²) < 4.78 is 0. The third kappa shape index (κ3) is 6.21. The Morgan fingerprint density at radius 1 is 1.43 bits per heavy atom. The molecule has 0 saturated heterocycles. The normalized spacial score (nSPS) is 12.3. The highest BCUT2D eigenvalue weighted by molar-refractivity contribution is 5.98. The Balaban J connectivity index is 2.71. The highest BCUT2D eigenvalue weighted by atomic mass is 16.4. The minimum absolute atomic E-state index is 0.0912. The van der Waals surface area contributed by atoms with E-state index in [4.69, 9.17) is 5.11 Å². The number of rotatable bonds is 8. The maximum Gasteiger partial charge on any atom is 0.328 e. The number of nitrogens with one attached hydrogen (secondary N) is 1. The summed E-state index contributed by atoms with van der Waals surface area (Å²) in [6.45, 7) is 4.11. The number of pyridine rings is 1. The largest absolute Gasteiger partial charge is 0.478 e. The molecule has 0 aliphatic heterocycles. The quantitative estimate of drug-likeness (QED) is 0.570. The summed E-state index contributed by atoms with van der Waals surface area (Å²) >= 11 is 0. The minimum atomic E-state index is -1.06. The standard InChI is InChI=1S/C16H22N2O3/c1-3-4-5-6-12(2)18-16(21)14-9-10-17-11-13(14)7-8-15(19)20/h7-12H,3-6H2,1-2H3,(H,18,21)(H,19,20). The number of unbranched alkanes of at least 4 members (excludes halogenated alkanes) is 2. The Bertz CT molecular complexity index is 512. The maximum atomic E-state index is 12.2. The molecular formula is C16H22N2O3. The minimum Gasteiger partial charge on any atom is -0.478 e. The second kappa shape index (κ2) is 8.89. The average molecular weight is 290 g/mol. The zero-order valence-corrected chi connectivity index (χ0v) is 12.5. The van der Waals surface area contributed by atoms with Crippen molar-refractivity contribution in [3.63, 3.8) is 0 Å². The van der Waals surface area contributed by atoms with E-state index >= 15 is 0 Å². The zero-order valence-electron chi connectivity index (χ0n) is 12.5. The molecule has 0 spiro atoms. The molecular weight excluding hydrogens is 268 g/mol. The first-order chi connectivity index (χ1) is 10.0. The third-order valence-electron chi connectivity index (χ3n) is 3.12. The molecule has 1 aromatic rings. The number of aromatic nitrogens is 1. The van der Waals surface area contributed by atoms with Gasteiger partial charge in [0.05, 0.1) is 0 Å². The predicted octanol–water partition coefficient (Wildman–Crippen LogP) is 2.88. The van der Waals surface area contributed by atoms with Gasteiger partial charge in [0.1, 0.15) is 0 Å². The van der Waals surface area contributed by atoms with Crippen LogP contribution >= 0.6 is 0 Å². The first kappa shape index (κ1) is 16.9. The Hall–Kier alpha value is -2.17. The fourth-order valence-electron chi connectivity index (χ4n) is 1.98. The van der Waals surface area contributed by atoms with Crippen molar-refractivity contribution in [3.8, 4) is 0 Å². The van der Waals surface area contributed by atoms with Gasteiger partial charge in [0.2, 0.25) is 0 Å². The van der Waals surface area contributed by atoms with E-state index in [1.165, 1.54) is 18.5 Å². The highest BCUT2D eigenvalue weighted by Gasteiger charge is 2.12. The number of hydrogen-bond donors (Lipinski definition) is 2. The smallest absolute Gasteiger partial charge is 0.328 e. The molecule has 0 aliphatic rings. The lowest BCUT2D eigenvalue weighted by Crippen LogP contribution is -2.32. The van der Waals surface area contributed by atoms with Crippen molar-refractivity contribution >= 4 is 18.0 Å². The van der Waals surface area contributed by atoms with Gasteiger partial charge in [-0.2, -0.15) is 0 Å². The van der Waals surface area contributed by atoms with Crippen molar-refractivity contribution in [3.05, 3.63) is 35.7 Å². The topological polar surface area (TPSA) is 79.3 Å². The lowest BCUT2D eigenvalue weighted by molar-refractivity contribution is -0.131. The number of amides is 1. The predicted molar refractivity (Wildman–Crippen MR) is 82.0 cm³/mol. The van der Waals surface area contributed by atoms with Crippen molar-refractivity contribution in [2.24, 2.45) is 0 Å². The Morgan fingerprint density at radius 2 is 2.19 bits per heavy atom. The van der Waals surface area contributed by atoms with Crippen molar-refractivity contribution in [2.45, 2.75) is 45.6 Å². The van der Waals surface area contributed by atoms with Gasteiger partial charge in [-0.25, -0.2) is 4.79 Å². The van der Waals surface area contributed by atoms with Crippen molar-refractivity contribution < 1.29 is 14.7 Å². The molecule has 0 aliphatic carbocycles. The molecule has 114 valence electrons. The molecule has 0 radical (unpaired) electrons. The van der Waals surface area contributed by atoms with Crippen LogP contribution in [0.4, 0.5) is 0 Å². The lowest BCUT2D eigenvalue weighted by atomic mass is 10.1. The van der Waals surface area contributed by atoms with Crippen LogP contribution in [-0.2, 0) is 4.79 Å². The summed E-state index contributed by atoms with van der Waals surface area (Å²) in [5, 5.41) is 11.6. The molecule has 1 unspecified atom stereocenters. The van der Waals surface area contributed by atoms with Gasteiger partial charge >= 0.3 is 5.97 Å². The van der Waals surface area contributed by atoms with Crippen molar-refractivity contribution in [1.29, 1.82) is 0 Å². The van der Waals surface area contributed by atoms with Gasteiger partial charge in [0.25, 0.3) is 5.91 Å². The Morgan fingerprint density at radius 3 is 2.86 bits per heavy atom. The molecule has 5 heteroatoms. The molecule has 1 amide bonds. The van der Waals surface area contributed by atoms with Gasteiger partial charge in [-0.05, 0) is 25.5 Å². The van der Waals surface area contributed by atoms with Gasteiger partial charge in [-0.1, -0.05) is 26.2 Å². The van der Waals surface area contributed by atoms with E-state index in [2.05, 4.69) is 17.2 Å². The molecule has 21 heavy (non-hydrogen) atoms. The van der Waals surface area contributed by atoms with Gasteiger partial charge in [-0.3, -0.25) is 9.78 Å². The van der Waals surface area contributed by atoms with Crippen LogP contribution in [0, 0.1) is 0 Å². The van der Waals surface area contributed by atoms with Gasteiger partial charge in [0.15, 0.2) is 0 Å². The summed E-state index contributed by atoms with van der Waals surface area (Å²) in [5.74, 6) is -1.26. The summed E-state index contributed by atoms with van der Waals surface area (Å²) in [6.07, 6.45) is 9.71. The first-order valence-electron chi connectivity index (χ1n) is 7.20. The zero-order chi connectivity index (χ0) is 15.7. The fourth-order valence-corrected chi connectivity index (χ4v) is 1.98. The van der Waals surface area contributed by atoms with Crippen LogP contribution in [-0.4, -0.2) is 28.0 Å². The van der Waals surface area contributed by atoms with E-state index in [-0.39, 0.29) is 11.9 Å². The number of carbonyl (C=O) groups excluding carboxylic acids is 1. The second-order valence-electron chi connectivity index (χ2n) is 5.00. The first-order valence-corrected chi connectivity index (χ1v) is 7.20. The SMILES string of the molecule is CCCCCC(C)NC(=O)c1ccncc1C=CC(=O)O. The average Bonchev–Trinajstić information content (AvgIpc) is 2.45. The molecule has 1 aromatic heterocycles. The Kier molecular flexibility index (Phi) is 7.15. The third-order valence-corrected chi connectivity index (χ3v) is 3.12. The lowest BCUT2D eigenvalue weighted by Gasteiger charge is -2.14. The number of hydrogen-bond acceptors (Lipinski definition) is 3. The molecule has 1 rings (SSSR count). The number of carboxylic acid groups (broad SMARTS) is 1. The molecule has 1 atom stereocenters. The maximum absolute atomic E-state index is 12.2. The number of nitrogens with zero attached hydrogens (tertiary/aromatic N) is 1. The van der Waals surface area contributed by atoms with E-state index in [1.54, 1.807) is 6.07 Å². The van der Waals surface area contributed by atoms with Gasteiger partial charge in [-0.15, -0.1) is 0 Å². The van der Waals surface area contributed by atoms with Crippen molar-refractivity contribution in [2.75, 3.05) is 0 Å². The molecule has 0 aromatic carbocycles. The fraction of sp³-hybridized carbons (Fsp3) is 0.438. The van der Waals surface area contributed by atoms with Crippen LogP contribution in [0.2, 0.25) is 0 Å². The Labute approximate surface area is 125 Å². The summed E-state index contributed by atoms with van der Waals surface area (Å²) in [7, 11) is 0. The molecule has 0 fully saturated rings. The molecule has 2 N–H and O–H groups in total. The number of carboxylic acids is 1. The summed E-state index contributed by atoms with van der Waals surface area (Å²) in [5.41, 5.74) is 0.933. The van der Waals surface area contributed by atoms with E-state index in [0.717, 1.165) is 31.8 Å². The van der Waals surface area contributed by atoms with Crippen LogP contribution in [0.1, 0.15) is 55.5 Å². The summed E-state index contributed by atoms with van der Waals surface area (Å²) in [4.78, 5) is 26.7. The van der Waals surface area contributed by atoms with Crippen LogP contribution < -0.4 is 5.32 Å². The van der Waals surface area contributed by atoms with Crippen LogP contribution in [0.25, 0.3) is 6.08 Å². The molecule has 1 heterocycles. The van der Waals surface area contributed by atoms with E-state index in [1.807, 2.05) is 6.92 Å². The van der Waals surface area contributed by atoms with Crippen LogP contribution in [0.5, 0.6) is 0 Å². The monoisotopic (exact) mass is 290 g/mol. The molecule has 5 nitrogen and oxygen atoms in total. The molecule has 0 bridgehead atoms.